The molecule has 0 heterocycles. The van der Waals surface area contributed by atoms with Crippen molar-refractivity contribution in [2.45, 2.75) is 78.0 Å². The SMILES string of the molecule is CCC(C)NC(=O)CCNC(=NC)NCc1ccc(C)cc1OC1CCCC1. The van der Waals surface area contributed by atoms with E-state index in [1.165, 1.54) is 18.4 Å². The molecule has 1 aromatic rings. The first-order valence-corrected chi connectivity index (χ1v) is 10.5. The van der Waals surface area contributed by atoms with Crippen molar-refractivity contribution in [3.05, 3.63) is 29.3 Å². The predicted molar refractivity (Wildman–Crippen MR) is 115 cm³/mol. The topological polar surface area (TPSA) is 74.8 Å². The zero-order valence-electron chi connectivity index (χ0n) is 17.8. The van der Waals surface area contributed by atoms with Crippen LogP contribution in [0, 0.1) is 6.92 Å². The minimum atomic E-state index is 0.0584. The van der Waals surface area contributed by atoms with Crippen molar-refractivity contribution in [2.24, 2.45) is 4.99 Å². The van der Waals surface area contributed by atoms with E-state index in [0.717, 1.165) is 30.6 Å². The second-order valence-corrected chi connectivity index (χ2v) is 7.61. The maximum absolute atomic E-state index is 11.9. The summed E-state index contributed by atoms with van der Waals surface area (Å²) in [5.41, 5.74) is 2.32. The number of aliphatic imine (C=N–C) groups is 1. The minimum absolute atomic E-state index is 0.0584. The van der Waals surface area contributed by atoms with E-state index in [0.29, 0.717) is 31.6 Å². The summed E-state index contributed by atoms with van der Waals surface area (Å²) in [6, 6.07) is 6.54. The van der Waals surface area contributed by atoms with Gasteiger partial charge < -0.3 is 20.7 Å². The van der Waals surface area contributed by atoms with Crippen LogP contribution in [0.1, 0.15) is 63.5 Å². The quantitative estimate of drug-likeness (QED) is 0.448. The van der Waals surface area contributed by atoms with Gasteiger partial charge in [-0.3, -0.25) is 9.79 Å². The van der Waals surface area contributed by atoms with Gasteiger partial charge in [0.05, 0.1) is 6.10 Å². The van der Waals surface area contributed by atoms with E-state index in [2.05, 4.69) is 53.0 Å². The van der Waals surface area contributed by atoms with E-state index in [-0.39, 0.29) is 11.9 Å². The van der Waals surface area contributed by atoms with Crippen molar-refractivity contribution in [3.63, 3.8) is 0 Å². The number of hydrogen-bond acceptors (Lipinski definition) is 3. The first-order valence-electron chi connectivity index (χ1n) is 10.5. The average molecular weight is 389 g/mol. The number of nitrogens with zero attached hydrogens (tertiary/aromatic N) is 1. The third-order valence-corrected chi connectivity index (χ3v) is 5.15. The van der Waals surface area contributed by atoms with Crippen LogP contribution in [0.15, 0.2) is 23.2 Å². The molecule has 1 aromatic carbocycles. The summed E-state index contributed by atoms with van der Waals surface area (Å²) in [6.07, 6.45) is 6.49. The van der Waals surface area contributed by atoms with Gasteiger partial charge in [-0.25, -0.2) is 0 Å². The molecular weight excluding hydrogens is 352 g/mol. The van der Waals surface area contributed by atoms with Crippen LogP contribution in [-0.4, -0.2) is 37.6 Å². The molecule has 0 spiro atoms. The highest BCUT2D eigenvalue weighted by Crippen LogP contribution is 2.27. The third-order valence-electron chi connectivity index (χ3n) is 5.15. The molecule has 1 aliphatic rings. The van der Waals surface area contributed by atoms with Crippen LogP contribution in [0.2, 0.25) is 0 Å². The Labute approximate surface area is 169 Å². The van der Waals surface area contributed by atoms with Gasteiger partial charge in [-0.05, 0) is 57.6 Å². The molecule has 0 aliphatic heterocycles. The third kappa shape index (κ3) is 7.41. The van der Waals surface area contributed by atoms with Crippen molar-refractivity contribution in [1.82, 2.24) is 16.0 Å². The Morgan fingerprint density at radius 3 is 2.71 bits per heavy atom. The fourth-order valence-electron chi connectivity index (χ4n) is 3.25. The summed E-state index contributed by atoms with van der Waals surface area (Å²) in [7, 11) is 1.74. The van der Waals surface area contributed by atoms with E-state index >= 15 is 0 Å². The van der Waals surface area contributed by atoms with Crippen LogP contribution in [0.25, 0.3) is 0 Å². The van der Waals surface area contributed by atoms with Crippen LogP contribution in [0.4, 0.5) is 0 Å². The van der Waals surface area contributed by atoms with Crippen molar-refractivity contribution in [1.29, 1.82) is 0 Å². The van der Waals surface area contributed by atoms with Gasteiger partial charge in [0, 0.05) is 38.2 Å². The highest BCUT2D eigenvalue weighted by molar-refractivity contribution is 5.81. The maximum atomic E-state index is 11.9. The predicted octanol–water partition coefficient (Wildman–Crippen LogP) is 3.29. The van der Waals surface area contributed by atoms with Gasteiger partial charge in [-0.2, -0.15) is 0 Å². The lowest BCUT2D eigenvalue weighted by Crippen LogP contribution is -2.40. The maximum Gasteiger partial charge on any atom is 0.221 e. The molecule has 1 amide bonds. The molecule has 1 aliphatic carbocycles. The van der Waals surface area contributed by atoms with Crippen LogP contribution in [-0.2, 0) is 11.3 Å². The fraction of sp³-hybridized carbons (Fsp3) is 0.636. The number of aryl methyl sites for hydroxylation is 1. The lowest BCUT2D eigenvalue weighted by molar-refractivity contribution is -0.121. The lowest BCUT2D eigenvalue weighted by atomic mass is 10.1. The van der Waals surface area contributed by atoms with E-state index in [9.17, 15) is 4.79 Å². The van der Waals surface area contributed by atoms with Crippen LogP contribution in [0.5, 0.6) is 5.75 Å². The standard InChI is InChI=1S/C22H36N4O2/c1-5-17(3)26-21(27)12-13-24-22(23-4)25-15-18-11-10-16(2)14-20(18)28-19-8-6-7-9-19/h10-11,14,17,19H,5-9,12-13,15H2,1-4H3,(H,26,27)(H2,23,24,25). The fourth-order valence-corrected chi connectivity index (χ4v) is 3.25. The second-order valence-electron chi connectivity index (χ2n) is 7.61. The highest BCUT2D eigenvalue weighted by atomic mass is 16.5. The molecule has 6 heteroatoms. The number of nitrogens with one attached hydrogen (secondary N) is 3. The summed E-state index contributed by atoms with van der Waals surface area (Å²) in [5, 5.41) is 9.50. The zero-order chi connectivity index (χ0) is 20.4. The molecule has 0 saturated heterocycles. The smallest absolute Gasteiger partial charge is 0.221 e. The van der Waals surface area contributed by atoms with Crippen molar-refractivity contribution in [3.8, 4) is 5.75 Å². The normalized spacial score (nSPS) is 15.9. The van der Waals surface area contributed by atoms with E-state index < -0.39 is 0 Å². The Hall–Kier alpha value is -2.24. The van der Waals surface area contributed by atoms with Gasteiger partial charge in [0.1, 0.15) is 5.75 Å². The Morgan fingerprint density at radius 2 is 2.04 bits per heavy atom. The van der Waals surface area contributed by atoms with Gasteiger partial charge in [-0.1, -0.05) is 19.1 Å². The molecule has 2 rings (SSSR count). The first-order chi connectivity index (χ1) is 13.5. The second kappa shape index (κ2) is 11.6. The first kappa shape index (κ1) is 22.1. The van der Waals surface area contributed by atoms with Gasteiger partial charge in [0.15, 0.2) is 5.96 Å². The number of amides is 1. The van der Waals surface area contributed by atoms with Crippen molar-refractivity contribution in [2.75, 3.05) is 13.6 Å². The Kier molecular flexibility index (Phi) is 9.11. The molecule has 1 saturated carbocycles. The molecule has 1 atom stereocenters. The van der Waals surface area contributed by atoms with Gasteiger partial charge in [-0.15, -0.1) is 0 Å². The number of hydrogen-bond donors (Lipinski definition) is 3. The monoisotopic (exact) mass is 388 g/mol. The number of carbonyl (C=O) groups is 1. The molecule has 1 fully saturated rings. The van der Waals surface area contributed by atoms with E-state index in [1.54, 1.807) is 7.05 Å². The summed E-state index contributed by atoms with van der Waals surface area (Å²) in [4.78, 5) is 16.1. The summed E-state index contributed by atoms with van der Waals surface area (Å²) in [6.45, 7) is 7.33. The number of rotatable bonds is 9. The number of carbonyl (C=O) groups excluding carboxylic acids is 1. The highest BCUT2D eigenvalue weighted by Gasteiger charge is 2.18. The van der Waals surface area contributed by atoms with Gasteiger partial charge in [0.25, 0.3) is 0 Å². The Bertz CT molecular complexity index is 654. The van der Waals surface area contributed by atoms with Crippen LogP contribution in [0.3, 0.4) is 0 Å². The molecule has 156 valence electrons. The van der Waals surface area contributed by atoms with E-state index in [4.69, 9.17) is 4.74 Å². The Morgan fingerprint density at radius 1 is 1.29 bits per heavy atom. The van der Waals surface area contributed by atoms with Crippen molar-refractivity contribution < 1.29 is 9.53 Å². The average Bonchev–Trinajstić information content (AvgIpc) is 3.18. The number of benzene rings is 1. The zero-order valence-corrected chi connectivity index (χ0v) is 17.8. The molecule has 28 heavy (non-hydrogen) atoms. The van der Waals surface area contributed by atoms with Gasteiger partial charge in [0.2, 0.25) is 5.91 Å². The summed E-state index contributed by atoms with van der Waals surface area (Å²) < 4.78 is 6.26. The molecule has 6 nitrogen and oxygen atoms in total. The molecule has 0 aromatic heterocycles. The van der Waals surface area contributed by atoms with Crippen LogP contribution >= 0.6 is 0 Å². The van der Waals surface area contributed by atoms with Gasteiger partial charge >= 0.3 is 0 Å². The minimum Gasteiger partial charge on any atom is -0.490 e. The lowest BCUT2D eigenvalue weighted by Gasteiger charge is -2.18. The molecular formula is C22H36N4O2. The summed E-state index contributed by atoms with van der Waals surface area (Å²) in [5.74, 6) is 1.70. The summed E-state index contributed by atoms with van der Waals surface area (Å²) >= 11 is 0. The number of guanidine groups is 1. The van der Waals surface area contributed by atoms with Crippen molar-refractivity contribution >= 4 is 11.9 Å². The van der Waals surface area contributed by atoms with E-state index in [1.807, 2.05) is 6.92 Å². The Balaban J connectivity index is 1.83. The molecule has 3 N–H and O–H groups in total. The number of ether oxygens (including phenoxy) is 1. The van der Waals surface area contributed by atoms with Crippen LogP contribution < -0.4 is 20.7 Å². The molecule has 1 unspecified atom stereocenters. The molecule has 0 radical (unpaired) electrons. The largest absolute Gasteiger partial charge is 0.490 e. The molecule has 0 bridgehead atoms.